The number of para-hydroxylation sites is 1. The number of thioether (sulfide) groups is 1. The summed E-state index contributed by atoms with van der Waals surface area (Å²) in [4.78, 5) is 77.0. The highest BCUT2D eigenvalue weighted by Crippen LogP contribution is 2.33. The number of carbonyl (C=O) groups is 6. The molecule has 2 aliphatic heterocycles. The molecule has 2 saturated heterocycles. The third kappa shape index (κ3) is 12.5. The van der Waals surface area contributed by atoms with Crippen LogP contribution in [0.4, 0.5) is 4.79 Å². The number of unbranched alkanes of at least 4 members (excludes halogenated alkanes) is 2. The minimum atomic E-state index is -0.827. The van der Waals surface area contributed by atoms with Crippen LogP contribution < -0.4 is 43.0 Å². The van der Waals surface area contributed by atoms with Gasteiger partial charge in [0.05, 0.1) is 25.2 Å². The molecule has 4 rings (SSSR count). The number of nitrogens with one attached hydrogen (secondary N) is 8. The Bertz CT molecular complexity index is 1470. The van der Waals surface area contributed by atoms with Crippen molar-refractivity contribution in [1.82, 2.24) is 42.2 Å². The molecule has 1 aromatic carbocycles. The van der Waals surface area contributed by atoms with Gasteiger partial charge in [0.15, 0.2) is 0 Å². The Morgan fingerprint density at radius 1 is 0.840 bits per heavy atom. The van der Waals surface area contributed by atoms with Crippen molar-refractivity contribution in [2.75, 3.05) is 38.5 Å². The summed E-state index contributed by atoms with van der Waals surface area (Å²) in [6.45, 7) is 0.286. The zero-order valence-electron chi connectivity index (χ0n) is 28.4. The summed E-state index contributed by atoms with van der Waals surface area (Å²) in [5.74, 6) is -0.898. The van der Waals surface area contributed by atoms with Crippen molar-refractivity contribution >= 4 is 58.2 Å². The number of benzene rings is 1. The zero-order chi connectivity index (χ0) is 35.7. The van der Waals surface area contributed by atoms with E-state index >= 15 is 0 Å². The van der Waals surface area contributed by atoms with Gasteiger partial charge in [0.1, 0.15) is 6.04 Å². The second-order valence-electron chi connectivity index (χ2n) is 12.7. The predicted molar refractivity (Wildman–Crippen MR) is 192 cm³/mol. The summed E-state index contributed by atoms with van der Waals surface area (Å²) < 4.78 is 0. The molecule has 0 aliphatic carbocycles. The third-order valence-electron chi connectivity index (χ3n) is 8.84. The Balaban J connectivity index is 1.05. The molecule has 0 spiro atoms. The molecular weight excluding hydrogens is 662 g/mol. The van der Waals surface area contributed by atoms with Gasteiger partial charge in [0.2, 0.25) is 29.5 Å². The molecule has 4 atom stereocenters. The van der Waals surface area contributed by atoms with Crippen LogP contribution in [0.25, 0.3) is 10.9 Å². The summed E-state index contributed by atoms with van der Waals surface area (Å²) in [5.41, 5.74) is 7.78. The molecule has 4 unspecified atom stereocenters. The van der Waals surface area contributed by atoms with E-state index in [2.05, 4.69) is 42.2 Å². The minimum absolute atomic E-state index is 0.0998. The van der Waals surface area contributed by atoms with Gasteiger partial charge in [-0.25, -0.2) is 4.79 Å². The Labute approximate surface area is 296 Å². The van der Waals surface area contributed by atoms with Crippen LogP contribution in [0.1, 0.15) is 63.4 Å². The quantitative estimate of drug-likeness (QED) is 0.0607. The maximum Gasteiger partial charge on any atom is 0.315 e. The highest BCUT2D eigenvalue weighted by Gasteiger charge is 2.42. The lowest BCUT2D eigenvalue weighted by Crippen LogP contribution is -2.51. The van der Waals surface area contributed by atoms with Crippen molar-refractivity contribution in [3.63, 3.8) is 0 Å². The largest absolute Gasteiger partial charge is 0.361 e. The number of rotatable bonds is 22. The van der Waals surface area contributed by atoms with E-state index in [0.29, 0.717) is 43.9 Å². The van der Waals surface area contributed by atoms with Gasteiger partial charge in [-0.3, -0.25) is 24.0 Å². The Morgan fingerprint density at radius 3 is 2.42 bits per heavy atom. The number of hydrogen-bond donors (Lipinski definition) is 9. The first-order chi connectivity index (χ1) is 24.2. The molecule has 274 valence electrons. The lowest BCUT2D eigenvalue weighted by molar-refractivity contribution is -0.130. The summed E-state index contributed by atoms with van der Waals surface area (Å²) in [5, 5.41) is 20.7. The van der Waals surface area contributed by atoms with Crippen LogP contribution in [0, 0.1) is 0 Å². The van der Waals surface area contributed by atoms with Crippen molar-refractivity contribution in [3.8, 4) is 0 Å². The number of carbonyl (C=O) groups excluding carboxylic acids is 6. The molecule has 50 heavy (non-hydrogen) atoms. The van der Waals surface area contributed by atoms with E-state index in [9.17, 15) is 28.8 Å². The Kier molecular flexibility index (Phi) is 15.7. The van der Waals surface area contributed by atoms with Gasteiger partial charge in [0, 0.05) is 54.0 Å². The molecule has 10 N–H and O–H groups in total. The first-order valence-corrected chi connectivity index (χ1v) is 18.6. The van der Waals surface area contributed by atoms with E-state index in [1.54, 1.807) is 0 Å². The Hall–Kier alpha value is -4.31. The number of H-pyrrole nitrogens is 1. The first kappa shape index (κ1) is 38.5. The normalized spacial score (nSPS) is 18.4. The molecule has 0 bridgehead atoms. The molecule has 3 heterocycles. The number of aryl methyl sites for hydroxylation is 1. The van der Waals surface area contributed by atoms with E-state index in [4.69, 9.17) is 5.73 Å². The number of aromatic amines is 1. The van der Waals surface area contributed by atoms with Crippen LogP contribution in [-0.2, 0) is 30.4 Å². The average molecular weight is 714 g/mol. The van der Waals surface area contributed by atoms with Gasteiger partial charge in [0.25, 0.3) is 0 Å². The van der Waals surface area contributed by atoms with E-state index < -0.39 is 23.8 Å². The van der Waals surface area contributed by atoms with Crippen molar-refractivity contribution in [1.29, 1.82) is 0 Å². The number of amides is 7. The maximum absolute atomic E-state index is 12.9. The summed E-state index contributed by atoms with van der Waals surface area (Å²) in [7, 11) is 0. The molecule has 2 aromatic rings. The second-order valence-corrected chi connectivity index (χ2v) is 14.0. The lowest BCUT2D eigenvalue weighted by atomic mass is 10.0. The van der Waals surface area contributed by atoms with Gasteiger partial charge in [-0.1, -0.05) is 24.6 Å². The van der Waals surface area contributed by atoms with E-state index in [-0.39, 0.29) is 62.5 Å². The van der Waals surface area contributed by atoms with Crippen LogP contribution in [0.5, 0.6) is 0 Å². The fourth-order valence-corrected chi connectivity index (χ4v) is 7.71. The third-order valence-corrected chi connectivity index (χ3v) is 10.4. The molecule has 0 radical (unpaired) electrons. The molecule has 2 aliphatic rings. The smallest absolute Gasteiger partial charge is 0.315 e. The topological polar surface area (TPSA) is 228 Å². The van der Waals surface area contributed by atoms with Crippen LogP contribution in [-0.4, -0.2) is 102 Å². The fraction of sp³-hybridized carbons (Fsp3) is 0.588. The van der Waals surface area contributed by atoms with Gasteiger partial charge < -0.3 is 47.9 Å². The van der Waals surface area contributed by atoms with E-state index in [1.165, 1.54) is 0 Å². The SMILES string of the molecule is NCCCCC(NC(=O)CNC(=O)CNC(=O)CCCc1c[nH]c2ccccc12)C(=O)NCCNC(=O)CCCCC1SCC2NC(=O)NC21. The van der Waals surface area contributed by atoms with Crippen LogP contribution in [0.15, 0.2) is 30.5 Å². The van der Waals surface area contributed by atoms with E-state index in [1.807, 2.05) is 42.2 Å². The van der Waals surface area contributed by atoms with Gasteiger partial charge in [-0.05, 0) is 63.1 Å². The van der Waals surface area contributed by atoms with Gasteiger partial charge in [-0.15, -0.1) is 0 Å². The van der Waals surface area contributed by atoms with E-state index in [0.717, 1.165) is 47.9 Å². The molecule has 16 heteroatoms. The summed E-state index contributed by atoms with van der Waals surface area (Å²) in [6.07, 6.45) is 8.15. The van der Waals surface area contributed by atoms with Gasteiger partial charge >= 0.3 is 6.03 Å². The average Bonchev–Trinajstić information content (AvgIpc) is 3.80. The monoisotopic (exact) mass is 713 g/mol. The van der Waals surface area contributed by atoms with Crippen molar-refractivity contribution < 1.29 is 28.8 Å². The zero-order valence-corrected chi connectivity index (χ0v) is 29.3. The summed E-state index contributed by atoms with van der Waals surface area (Å²) >= 11 is 1.85. The standard InChI is InChI=1S/C34H51N9O6S/c35-15-6-5-11-25(33(48)37-17-16-36-28(44)13-4-3-12-27-32-26(21-50-27)42-34(49)43-32)41-31(47)20-40-30(46)19-39-29(45)14-7-8-22-18-38-24-10-2-1-9-23(22)24/h1-2,9-10,18,25-27,32,38H,3-8,11-17,19-21,35H2,(H,36,44)(H,37,48)(H,39,45)(H,40,46)(H,41,47)(H2,42,43,49). The highest BCUT2D eigenvalue weighted by molar-refractivity contribution is 8.00. The molecule has 0 saturated carbocycles. The molecular formula is C34H51N9O6S. The number of fused-ring (bicyclic) bond motifs is 2. The lowest BCUT2D eigenvalue weighted by Gasteiger charge is -2.19. The Morgan fingerprint density at radius 2 is 1.58 bits per heavy atom. The van der Waals surface area contributed by atoms with Crippen LogP contribution in [0.3, 0.4) is 0 Å². The minimum Gasteiger partial charge on any atom is -0.361 e. The fourth-order valence-electron chi connectivity index (χ4n) is 6.17. The number of nitrogens with two attached hydrogens (primary N) is 1. The van der Waals surface area contributed by atoms with Crippen LogP contribution in [0.2, 0.25) is 0 Å². The number of hydrogen-bond acceptors (Lipinski definition) is 8. The molecule has 15 nitrogen and oxygen atoms in total. The highest BCUT2D eigenvalue weighted by atomic mass is 32.2. The predicted octanol–water partition coefficient (Wildman–Crippen LogP) is 0.295. The van der Waals surface area contributed by atoms with Crippen LogP contribution >= 0.6 is 11.8 Å². The number of aromatic nitrogens is 1. The van der Waals surface area contributed by atoms with Crippen molar-refractivity contribution in [2.45, 2.75) is 87.6 Å². The maximum atomic E-state index is 12.9. The van der Waals surface area contributed by atoms with Gasteiger partial charge in [-0.2, -0.15) is 11.8 Å². The molecule has 2 fully saturated rings. The van der Waals surface area contributed by atoms with Crippen molar-refractivity contribution in [2.24, 2.45) is 5.73 Å². The second kappa shape index (κ2) is 20.4. The number of urea groups is 1. The summed E-state index contributed by atoms with van der Waals surface area (Å²) in [6, 6.07) is 7.38. The molecule has 1 aromatic heterocycles. The molecule has 7 amide bonds. The van der Waals surface area contributed by atoms with Crippen molar-refractivity contribution in [3.05, 3.63) is 36.0 Å². The first-order valence-electron chi connectivity index (χ1n) is 17.5.